The largest absolute Gasteiger partial charge is 0.323 e. The Bertz CT molecular complexity index is 803. The van der Waals surface area contributed by atoms with Crippen LogP contribution >= 0.6 is 0 Å². The third-order valence-electron chi connectivity index (χ3n) is 3.27. The van der Waals surface area contributed by atoms with E-state index in [0.717, 1.165) is 35.5 Å². The molecular weight excluding hydrogens is 250 g/mol. The lowest BCUT2D eigenvalue weighted by molar-refractivity contribution is 0.698. The SMILES string of the molecule is CCCn1c(-c2ccn(C)n2)nc2cc(C#N)ccc21. The topological polar surface area (TPSA) is 59.4 Å². The summed E-state index contributed by atoms with van der Waals surface area (Å²) in [6, 6.07) is 9.73. The summed E-state index contributed by atoms with van der Waals surface area (Å²) in [7, 11) is 1.89. The summed E-state index contributed by atoms with van der Waals surface area (Å²) in [5, 5.41) is 13.4. The van der Waals surface area contributed by atoms with Gasteiger partial charge in [0.25, 0.3) is 0 Å². The second kappa shape index (κ2) is 4.82. The number of nitrogens with zero attached hydrogens (tertiary/aromatic N) is 5. The molecule has 0 aliphatic rings. The number of aryl methyl sites for hydroxylation is 2. The van der Waals surface area contributed by atoms with Crippen LogP contribution in [0.15, 0.2) is 30.5 Å². The van der Waals surface area contributed by atoms with Gasteiger partial charge in [0.1, 0.15) is 5.69 Å². The highest BCUT2D eigenvalue weighted by atomic mass is 15.3. The van der Waals surface area contributed by atoms with Crippen molar-refractivity contribution in [3.8, 4) is 17.6 Å². The van der Waals surface area contributed by atoms with Gasteiger partial charge in [-0.25, -0.2) is 4.98 Å². The van der Waals surface area contributed by atoms with Crippen LogP contribution in [-0.4, -0.2) is 19.3 Å². The molecule has 0 aliphatic heterocycles. The van der Waals surface area contributed by atoms with Gasteiger partial charge >= 0.3 is 0 Å². The van der Waals surface area contributed by atoms with E-state index in [4.69, 9.17) is 5.26 Å². The standard InChI is InChI=1S/C15H15N5/c1-3-7-20-14-5-4-11(10-16)9-13(14)17-15(20)12-6-8-19(2)18-12/h4-6,8-9H,3,7H2,1-2H3. The molecule has 5 heteroatoms. The number of aromatic nitrogens is 4. The van der Waals surface area contributed by atoms with Gasteiger partial charge in [0, 0.05) is 19.8 Å². The zero-order chi connectivity index (χ0) is 14.1. The lowest BCUT2D eigenvalue weighted by atomic mass is 10.2. The van der Waals surface area contributed by atoms with E-state index in [9.17, 15) is 0 Å². The van der Waals surface area contributed by atoms with Gasteiger partial charge in [0.2, 0.25) is 0 Å². The van der Waals surface area contributed by atoms with Gasteiger partial charge in [-0.15, -0.1) is 0 Å². The van der Waals surface area contributed by atoms with Crippen LogP contribution in [0, 0.1) is 11.3 Å². The predicted molar refractivity (Wildman–Crippen MR) is 76.9 cm³/mol. The van der Waals surface area contributed by atoms with Crippen molar-refractivity contribution in [1.29, 1.82) is 5.26 Å². The highest BCUT2D eigenvalue weighted by Gasteiger charge is 2.14. The fraction of sp³-hybridized carbons (Fsp3) is 0.267. The Balaban J connectivity index is 2.25. The molecule has 100 valence electrons. The maximum Gasteiger partial charge on any atom is 0.161 e. The fourth-order valence-electron chi connectivity index (χ4n) is 2.38. The zero-order valence-corrected chi connectivity index (χ0v) is 11.5. The molecule has 5 nitrogen and oxygen atoms in total. The van der Waals surface area contributed by atoms with Crippen molar-refractivity contribution in [1.82, 2.24) is 19.3 Å². The van der Waals surface area contributed by atoms with Crippen LogP contribution in [0.4, 0.5) is 0 Å². The summed E-state index contributed by atoms with van der Waals surface area (Å²) >= 11 is 0. The number of fused-ring (bicyclic) bond motifs is 1. The van der Waals surface area contributed by atoms with E-state index in [2.05, 4.69) is 27.6 Å². The molecule has 3 rings (SSSR count). The highest BCUT2D eigenvalue weighted by Crippen LogP contribution is 2.24. The number of benzene rings is 1. The molecule has 0 bridgehead atoms. The third kappa shape index (κ3) is 1.95. The van der Waals surface area contributed by atoms with E-state index >= 15 is 0 Å². The first kappa shape index (κ1) is 12.4. The van der Waals surface area contributed by atoms with Crippen LogP contribution in [-0.2, 0) is 13.6 Å². The molecule has 0 fully saturated rings. The van der Waals surface area contributed by atoms with Gasteiger partial charge in [-0.05, 0) is 30.7 Å². The third-order valence-corrected chi connectivity index (χ3v) is 3.27. The molecule has 0 unspecified atom stereocenters. The number of hydrogen-bond donors (Lipinski definition) is 0. The van der Waals surface area contributed by atoms with Crippen molar-refractivity contribution in [3.05, 3.63) is 36.0 Å². The average molecular weight is 265 g/mol. The molecule has 0 amide bonds. The second-order valence-electron chi connectivity index (χ2n) is 4.78. The van der Waals surface area contributed by atoms with E-state index in [0.29, 0.717) is 5.56 Å². The molecule has 0 N–H and O–H groups in total. The zero-order valence-electron chi connectivity index (χ0n) is 11.5. The first-order valence-electron chi connectivity index (χ1n) is 6.63. The van der Waals surface area contributed by atoms with Crippen molar-refractivity contribution in [2.24, 2.45) is 7.05 Å². The molecule has 0 aliphatic carbocycles. The Morgan fingerprint density at radius 1 is 1.30 bits per heavy atom. The molecule has 2 aromatic heterocycles. The molecule has 0 radical (unpaired) electrons. The van der Waals surface area contributed by atoms with Gasteiger partial charge in [-0.1, -0.05) is 6.92 Å². The normalized spacial score (nSPS) is 10.8. The number of imidazole rings is 1. The van der Waals surface area contributed by atoms with Gasteiger partial charge in [-0.2, -0.15) is 10.4 Å². The van der Waals surface area contributed by atoms with Crippen molar-refractivity contribution < 1.29 is 0 Å². The Labute approximate surface area is 117 Å². The molecule has 0 saturated carbocycles. The quantitative estimate of drug-likeness (QED) is 0.731. The summed E-state index contributed by atoms with van der Waals surface area (Å²) < 4.78 is 3.94. The summed E-state index contributed by atoms with van der Waals surface area (Å²) in [6.45, 7) is 3.02. The lowest BCUT2D eigenvalue weighted by Crippen LogP contribution is -2.00. The highest BCUT2D eigenvalue weighted by molar-refractivity contribution is 5.81. The molecule has 0 spiro atoms. The van der Waals surface area contributed by atoms with Gasteiger partial charge < -0.3 is 4.57 Å². The summed E-state index contributed by atoms with van der Waals surface area (Å²) in [4.78, 5) is 4.66. The minimum atomic E-state index is 0.631. The Hall–Kier alpha value is -2.61. The smallest absolute Gasteiger partial charge is 0.161 e. The Kier molecular flexibility index (Phi) is 2.99. The van der Waals surface area contributed by atoms with Crippen LogP contribution in [0.1, 0.15) is 18.9 Å². The van der Waals surface area contributed by atoms with Crippen molar-refractivity contribution in [2.75, 3.05) is 0 Å². The maximum absolute atomic E-state index is 9.00. The van der Waals surface area contributed by atoms with E-state index in [1.165, 1.54) is 0 Å². The van der Waals surface area contributed by atoms with Crippen molar-refractivity contribution in [2.45, 2.75) is 19.9 Å². The number of rotatable bonds is 3. The second-order valence-corrected chi connectivity index (χ2v) is 4.78. The fourth-order valence-corrected chi connectivity index (χ4v) is 2.38. The van der Waals surface area contributed by atoms with Crippen LogP contribution in [0.2, 0.25) is 0 Å². The molecule has 20 heavy (non-hydrogen) atoms. The molecule has 1 aromatic carbocycles. The Morgan fingerprint density at radius 3 is 2.80 bits per heavy atom. The van der Waals surface area contributed by atoms with E-state index in [-0.39, 0.29) is 0 Å². The lowest BCUT2D eigenvalue weighted by Gasteiger charge is -2.05. The molecular formula is C15H15N5. The first-order chi connectivity index (χ1) is 9.72. The average Bonchev–Trinajstić information content (AvgIpc) is 3.03. The maximum atomic E-state index is 9.00. The van der Waals surface area contributed by atoms with Crippen LogP contribution in [0.3, 0.4) is 0 Å². The molecule has 3 aromatic rings. The van der Waals surface area contributed by atoms with E-state index < -0.39 is 0 Å². The monoisotopic (exact) mass is 265 g/mol. The van der Waals surface area contributed by atoms with Crippen LogP contribution in [0.5, 0.6) is 0 Å². The molecule has 0 saturated heterocycles. The van der Waals surface area contributed by atoms with Gasteiger partial charge in [-0.3, -0.25) is 4.68 Å². The van der Waals surface area contributed by atoms with Crippen molar-refractivity contribution >= 4 is 11.0 Å². The van der Waals surface area contributed by atoms with E-state index in [1.54, 1.807) is 4.68 Å². The van der Waals surface area contributed by atoms with Gasteiger partial charge in [0.05, 0.1) is 22.7 Å². The van der Waals surface area contributed by atoms with Crippen LogP contribution < -0.4 is 0 Å². The first-order valence-corrected chi connectivity index (χ1v) is 6.63. The molecule has 0 atom stereocenters. The summed E-state index contributed by atoms with van der Waals surface area (Å²) in [5.74, 6) is 0.859. The summed E-state index contributed by atoms with van der Waals surface area (Å²) in [5.41, 5.74) is 3.38. The summed E-state index contributed by atoms with van der Waals surface area (Å²) in [6.07, 6.45) is 2.93. The number of nitriles is 1. The predicted octanol–water partition coefficient (Wildman–Crippen LogP) is 2.72. The van der Waals surface area contributed by atoms with Gasteiger partial charge in [0.15, 0.2) is 5.82 Å². The number of hydrogen-bond acceptors (Lipinski definition) is 3. The Morgan fingerprint density at radius 2 is 2.15 bits per heavy atom. The van der Waals surface area contributed by atoms with Crippen molar-refractivity contribution in [3.63, 3.8) is 0 Å². The van der Waals surface area contributed by atoms with E-state index in [1.807, 2.05) is 37.5 Å². The van der Waals surface area contributed by atoms with Crippen LogP contribution in [0.25, 0.3) is 22.6 Å². The minimum absolute atomic E-state index is 0.631. The minimum Gasteiger partial charge on any atom is -0.323 e. The molecule has 2 heterocycles.